The van der Waals surface area contributed by atoms with Gasteiger partial charge < -0.3 is 19.5 Å². The predicted molar refractivity (Wildman–Crippen MR) is 92.8 cm³/mol. The summed E-state index contributed by atoms with van der Waals surface area (Å²) in [4.78, 5) is 24.3. The summed E-state index contributed by atoms with van der Waals surface area (Å²) in [6, 6.07) is 12.5. The molecule has 0 saturated heterocycles. The molecule has 0 saturated carbocycles. The van der Waals surface area contributed by atoms with Crippen molar-refractivity contribution in [1.82, 2.24) is 5.32 Å². The molecule has 144 valence electrons. The number of nitrogens with one attached hydrogen (secondary N) is 1. The standard InChI is InChI=1S/C19H19F2NO5/c1-12(17(23)22-11-13-7-9-14(25-2)10-8-13)26-18(24)15-5-3-4-6-16(15)27-19(20)21/h3-10,12,19H,11H2,1-2H3,(H,22,23)/t12-/m1/s1. The Hall–Kier alpha value is -3.16. The number of carbonyl (C=O) groups excluding carboxylic acids is 2. The highest BCUT2D eigenvalue weighted by molar-refractivity contribution is 5.94. The zero-order chi connectivity index (χ0) is 19.8. The highest BCUT2D eigenvalue weighted by Gasteiger charge is 2.22. The number of hydrogen-bond donors (Lipinski definition) is 1. The monoisotopic (exact) mass is 379 g/mol. The number of rotatable bonds is 8. The van der Waals surface area contributed by atoms with Crippen LogP contribution in [0.15, 0.2) is 48.5 Å². The van der Waals surface area contributed by atoms with Crippen LogP contribution in [-0.2, 0) is 16.1 Å². The largest absolute Gasteiger partial charge is 0.497 e. The molecule has 2 rings (SSSR count). The van der Waals surface area contributed by atoms with Crippen LogP contribution in [0.5, 0.6) is 11.5 Å². The summed E-state index contributed by atoms with van der Waals surface area (Å²) >= 11 is 0. The molecule has 27 heavy (non-hydrogen) atoms. The molecule has 1 atom stereocenters. The maximum absolute atomic E-state index is 12.4. The third-order valence-electron chi connectivity index (χ3n) is 3.60. The molecule has 0 aliphatic carbocycles. The fourth-order valence-corrected chi connectivity index (χ4v) is 2.19. The van der Waals surface area contributed by atoms with E-state index in [9.17, 15) is 18.4 Å². The molecule has 0 radical (unpaired) electrons. The van der Waals surface area contributed by atoms with Crippen molar-refractivity contribution >= 4 is 11.9 Å². The van der Waals surface area contributed by atoms with Gasteiger partial charge in [0.25, 0.3) is 5.91 Å². The molecule has 0 aliphatic heterocycles. The number of alkyl halides is 2. The summed E-state index contributed by atoms with van der Waals surface area (Å²) in [6.45, 7) is -1.46. The van der Waals surface area contributed by atoms with Crippen LogP contribution in [0.1, 0.15) is 22.8 Å². The van der Waals surface area contributed by atoms with Crippen molar-refractivity contribution in [2.45, 2.75) is 26.2 Å². The normalized spacial score (nSPS) is 11.6. The van der Waals surface area contributed by atoms with Crippen LogP contribution in [0, 0.1) is 0 Å². The summed E-state index contributed by atoms with van der Waals surface area (Å²) in [6.07, 6.45) is -1.12. The Bertz CT molecular complexity index is 780. The summed E-state index contributed by atoms with van der Waals surface area (Å²) in [5, 5.41) is 2.63. The minimum Gasteiger partial charge on any atom is -0.497 e. The number of carbonyl (C=O) groups is 2. The Morgan fingerprint density at radius 1 is 1.07 bits per heavy atom. The Morgan fingerprint density at radius 2 is 1.74 bits per heavy atom. The van der Waals surface area contributed by atoms with Gasteiger partial charge in [0, 0.05) is 6.54 Å². The number of hydrogen-bond acceptors (Lipinski definition) is 5. The second kappa shape index (κ2) is 9.51. The van der Waals surface area contributed by atoms with Crippen molar-refractivity contribution in [1.29, 1.82) is 0 Å². The third kappa shape index (κ3) is 5.95. The van der Waals surface area contributed by atoms with Gasteiger partial charge in [-0.25, -0.2) is 4.79 Å². The molecule has 2 aromatic carbocycles. The highest BCUT2D eigenvalue weighted by Crippen LogP contribution is 2.21. The molecule has 0 spiro atoms. The van der Waals surface area contributed by atoms with Gasteiger partial charge in [0.05, 0.1) is 7.11 Å². The van der Waals surface area contributed by atoms with Crippen LogP contribution >= 0.6 is 0 Å². The summed E-state index contributed by atoms with van der Waals surface area (Å²) < 4.78 is 39.2. The minimum absolute atomic E-state index is 0.187. The highest BCUT2D eigenvalue weighted by atomic mass is 19.3. The molecule has 1 amide bonds. The summed E-state index contributed by atoms with van der Waals surface area (Å²) in [5.41, 5.74) is 0.644. The molecule has 1 N–H and O–H groups in total. The van der Waals surface area contributed by atoms with Gasteiger partial charge in [-0.15, -0.1) is 0 Å². The van der Waals surface area contributed by atoms with Crippen LogP contribution in [0.4, 0.5) is 8.78 Å². The SMILES string of the molecule is COc1ccc(CNC(=O)[C@@H](C)OC(=O)c2ccccc2OC(F)F)cc1. The van der Waals surface area contributed by atoms with Crippen LogP contribution in [0.3, 0.4) is 0 Å². The van der Waals surface area contributed by atoms with Crippen molar-refractivity contribution in [3.05, 3.63) is 59.7 Å². The zero-order valence-corrected chi connectivity index (χ0v) is 14.8. The Kier molecular flexibility index (Phi) is 7.10. The lowest BCUT2D eigenvalue weighted by Gasteiger charge is -2.15. The molecule has 8 heteroatoms. The van der Waals surface area contributed by atoms with Crippen molar-refractivity contribution in [2.75, 3.05) is 7.11 Å². The lowest BCUT2D eigenvalue weighted by molar-refractivity contribution is -0.129. The number of para-hydroxylation sites is 1. The Balaban J connectivity index is 1.92. The Labute approximate surface area is 155 Å². The van der Waals surface area contributed by atoms with E-state index in [2.05, 4.69) is 10.1 Å². The first-order chi connectivity index (χ1) is 12.9. The van der Waals surface area contributed by atoms with Gasteiger partial charge in [-0.1, -0.05) is 24.3 Å². The number of methoxy groups -OCH3 is 1. The van der Waals surface area contributed by atoms with E-state index in [1.54, 1.807) is 31.4 Å². The molecule has 0 bridgehead atoms. The van der Waals surface area contributed by atoms with Crippen LogP contribution in [-0.4, -0.2) is 31.7 Å². The van der Waals surface area contributed by atoms with Crippen molar-refractivity contribution in [3.63, 3.8) is 0 Å². The van der Waals surface area contributed by atoms with Gasteiger partial charge in [-0.05, 0) is 36.8 Å². The van der Waals surface area contributed by atoms with Crippen LogP contribution < -0.4 is 14.8 Å². The van der Waals surface area contributed by atoms with Gasteiger partial charge >= 0.3 is 12.6 Å². The first-order valence-corrected chi connectivity index (χ1v) is 8.06. The van der Waals surface area contributed by atoms with Crippen molar-refractivity contribution in [3.8, 4) is 11.5 Å². The van der Waals surface area contributed by atoms with Gasteiger partial charge in [-0.2, -0.15) is 8.78 Å². The second-order valence-corrected chi connectivity index (χ2v) is 5.49. The van der Waals surface area contributed by atoms with E-state index in [0.717, 1.165) is 5.56 Å². The van der Waals surface area contributed by atoms with Gasteiger partial charge in [0.1, 0.15) is 17.1 Å². The maximum atomic E-state index is 12.4. The molecular formula is C19H19F2NO5. The smallest absolute Gasteiger partial charge is 0.387 e. The first kappa shape index (κ1) is 20.2. The molecule has 0 heterocycles. The van der Waals surface area contributed by atoms with Crippen LogP contribution in [0.25, 0.3) is 0 Å². The average molecular weight is 379 g/mol. The topological polar surface area (TPSA) is 73.9 Å². The second-order valence-electron chi connectivity index (χ2n) is 5.49. The number of amides is 1. The van der Waals surface area contributed by atoms with Crippen molar-refractivity contribution < 1.29 is 32.6 Å². The third-order valence-corrected chi connectivity index (χ3v) is 3.60. The fourth-order valence-electron chi connectivity index (χ4n) is 2.19. The van der Waals surface area contributed by atoms with Crippen LogP contribution in [0.2, 0.25) is 0 Å². The molecule has 0 aromatic heterocycles. The van der Waals surface area contributed by atoms with Gasteiger partial charge in [-0.3, -0.25) is 4.79 Å². The summed E-state index contributed by atoms with van der Waals surface area (Å²) in [5.74, 6) is -1.08. The van der Waals surface area contributed by atoms with E-state index in [1.165, 1.54) is 31.2 Å². The fraction of sp³-hybridized carbons (Fsp3) is 0.263. The van der Waals surface area contributed by atoms with E-state index in [-0.39, 0.29) is 17.9 Å². The quantitative estimate of drug-likeness (QED) is 0.714. The maximum Gasteiger partial charge on any atom is 0.387 e. The predicted octanol–water partition coefficient (Wildman–Crippen LogP) is 3.16. The zero-order valence-electron chi connectivity index (χ0n) is 14.8. The molecule has 0 fully saturated rings. The lowest BCUT2D eigenvalue weighted by Crippen LogP contribution is -2.35. The molecule has 0 unspecified atom stereocenters. The number of esters is 1. The molecule has 2 aromatic rings. The van der Waals surface area contributed by atoms with E-state index in [1.807, 2.05) is 0 Å². The first-order valence-electron chi connectivity index (χ1n) is 8.06. The number of halogens is 2. The van der Waals surface area contributed by atoms with E-state index in [4.69, 9.17) is 9.47 Å². The van der Waals surface area contributed by atoms with Gasteiger partial charge in [0.2, 0.25) is 0 Å². The molecular weight excluding hydrogens is 360 g/mol. The molecule has 0 aliphatic rings. The van der Waals surface area contributed by atoms with E-state index in [0.29, 0.717) is 5.75 Å². The van der Waals surface area contributed by atoms with E-state index >= 15 is 0 Å². The van der Waals surface area contributed by atoms with Crippen molar-refractivity contribution in [2.24, 2.45) is 0 Å². The Morgan fingerprint density at radius 3 is 2.37 bits per heavy atom. The lowest BCUT2D eigenvalue weighted by atomic mass is 10.2. The molecule has 6 nitrogen and oxygen atoms in total. The average Bonchev–Trinajstić information content (AvgIpc) is 2.66. The number of ether oxygens (including phenoxy) is 3. The minimum atomic E-state index is -3.08. The summed E-state index contributed by atoms with van der Waals surface area (Å²) in [7, 11) is 1.55. The van der Waals surface area contributed by atoms with E-state index < -0.39 is 24.6 Å². The van der Waals surface area contributed by atoms with Gasteiger partial charge in [0.15, 0.2) is 6.10 Å². The number of benzene rings is 2.